The summed E-state index contributed by atoms with van der Waals surface area (Å²) in [7, 11) is 0. The molecule has 0 spiro atoms. The van der Waals surface area contributed by atoms with E-state index in [1.165, 1.54) is 47.9 Å². The monoisotopic (exact) mass is 1960 g/mol. The molecule has 8 aromatic carbocycles. The smallest absolute Gasteiger partial charge is 0.290 e. The minimum absolute atomic E-state index is 0.112. The van der Waals surface area contributed by atoms with Crippen molar-refractivity contribution in [2.75, 3.05) is 65.7 Å². The number of carboxylic acid groups (broad SMARTS) is 1. The predicted molar refractivity (Wildman–Crippen MR) is 530 cm³/mol. The first-order valence-electron chi connectivity index (χ1n) is 49.7. The molecule has 11 fully saturated rings. The molecule has 9 amide bonds. The van der Waals surface area contributed by atoms with Crippen LogP contribution >= 0.6 is 11.6 Å². The SMILES string of the molecule is C=C1CCC(N2C(=O)c3cccc(OCc4ccc(CN5CC6CCC(C5)O6)cc4)c3C2=O)C(=O)N1.C=C1CCC(N2Cc3c(OCc4ccc(CN5C6CCC5COC6)cc4)cccc3C2=O)C(=O)N1.C=C1CCC(N2Cc3c(OCc4ccc(CN5CC6CCC(C5)O6)cc4)cccc3C2=O)C(=O)N1.C=C1CCC(N2Cc3c(ccc(Cl)c3OCc3ccc(CN4CCOCC4)cc3)C2=O)C(=O)N1.O=CO. The molecule has 5 N–H and O–H groups in total. The van der Waals surface area contributed by atoms with E-state index in [1.54, 1.807) is 45.0 Å². The van der Waals surface area contributed by atoms with E-state index in [0.717, 1.165) is 149 Å². The number of nitrogens with one attached hydrogen (secondary N) is 4. The van der Waals surface area contributed by atoms with Gasteiger partial charge in [-0.05, 0) is 183 Å². The number of amides is 9. The summed E-state index contributed by atoms with van der Waals surface area (Å²) >= 11 is 6.48. The minimum Gasteiger partial charge on any atom is -0.489 e. The third kappa shape index (κ3) is 22.6. The van der Waals surface area contributed by atoms with Gasteiger partial charge in [-0.3, -0.25) is 72.4 Å². The van der Waals surface area contributed by atoms with Crippen LogP contribution in [0.3, 0.4) is 0 Å². The number of morpholine rings is 4. The largest absolute Gasteiger partial charge is 0.489 e. The third-order valence-corrected chi connectivity index (χ3v) is 29.8. The molecule has 0 aliphatic carbocycles. The van der Waals surface area contributed by atoms with Crippen molar-refractivity contribution >= 4 is 71.2 Å². The van der Waals surface area contributed by atoms with Crippen LogP contribution in [0.15, 0.2) is 213 Å². The molecule has 15 aliphatic heterocycles. The van der Waals surface area contributed by atoms with Crippen LogP contribution in [0.1, 0.15) is 203 Å². The Hall–Kier alpha value is -13.2. The van der Waals surface area contributed by atoms with Gasteiger partial charge in [-0.15, -0.1) is 0 Å². The van der Waals surface area contributed by atoms with Crippen molar-refractivity contribution < 1.29 is 90.9 Å². The average Bonchev–Trinajstić information content (AvgIpc) is 1.65. The molecule has 10 unspecified atom stereocenters. The number of allylic oxidation sites excluding steroid dienone is 4. The van der Waals surface area contributed by atoms with Gasteiger partial charge in [0.05, 0.1) is 86.6 Å². The lowest BCUT2D eigenvalue weighted by molar-refractivity contribution is -0.127. The zero-order valence-corrected chi connectivity index (χ0v) is 81.0. The second-order valence-electron chi connectivity index (χ2n) is 39.3. The third-order valence-electron chi connectivity index (χ3n) is 29.6. The number of halogens is 1. The standard InChI is InChI=1S/C28H29N3O5.2C28H31N3O4.C26H28ClN3O4.CH2O2/c1-17-5-12-23(26(32)29-17)31-27(33)22-3-2-4-24(25(22)28(31)34)35-16-19-8-6-18(7-9-19)13-30-14-20-10-11-21(15-30)36-20;1-18-5-12-25(27(32)29-18)31-16-24-23(28(31)33)3-2-4-26(24)34-17-20-8-6-19(7-9-20)13-30-14-21-10-11-22(15-30)35-21;1-18-5-12-25(27(32)29-18)31-14-24-23(28(31)33)3-2-4-26(24)35-15-20-8-6-19(7-9-20)13-30-21-10-11-22(30)17-34-16-21;1-17-2-9-23(25(31)28-17)30-15-21-20(26(30)32)7-8-22(27)24(21)34-16-19-5-3-18(4-6-19)14-29-10-12-33-13-11-29;2-1-3/h2-4,6-9,20-21,23H,1,5,10-16H2,(H,29,32);2*2-4,6-9,21-22,25H,1,5,10-17H2,(H,29,32);3-8,23H,1-2,9-16H2,(H,28,31);1H,(H,2,3). The Bertz CT molecular complexity index is 6170. The molecule has 15 aliphatic rings. The fraction of sp³-hybridized carbons (Fsp3) is 0.405. The van der Waals surface area contributed by atoms with E-state index in [4.69, 9.17) is 59.4 Å². The lowest BCUT2D eigenvalue weighted by Crippen LogP contribution is -2.51. The van der Waals surface area contributed by atoms with Gasteiger partial charge in [0, 0.05) is 134 Å². The van der Waals surface area contributed by atoms with Gasteiger partial charge in [0.1, 0.15) is 73.6 Å². The van der Waals surface area contributed by atoms with Crippen LogP contribution in [0.4, 0.5) is 0 Å². The first-order valence-corrected chi connectivity index (χ1v) is 50.1. The summed E-state index contributed by atoms with van der Waals surface area (Å²) in [6, 6.07) is 52.2. The highest BCUT2D eigenvalue weighted by Crippen LogP contribution is 2.43. The van der Waals surface area contributed by atoms with Crippen LogP contribution in [-0.2, 0) is 115 Å². The Morgan fingerprint density at radius 1 is 0.364 bits per heavy atom. The maximum absolute atomic E-state index is 13.3. The molecule has 8 aromatic rings. The van der Waals surface area contributed by atoms with Crippen molar-refractivity contribution in [2.24, 2.45) is 0 Å². The highest BCUT2D eigenvalue weighted by molar-refractivity contribution is 6.32. The number of carbonyl (C=O) groups excluding carboxylic acids is 9. The first kappa shape index (κ1) is 98.6. The molecular formula is C111H121ClN12O19. The number of likely N-dealkylation sites (tertiary alicyclic amines) is 2. The number of ether oxygens (including phenoxy) is 8. The van der Waals surface area contributed by atoms with Crippen molar-refractivity contribution in [1.82, 2.24) is 60.5 Å². The molecular weight excluding hydrogens is 1840 g/mol. The van der Waals surface area contributed by atoms with E-state index in [-0.39, 0.29) is 65.6 Å². The average molecular weight is 1960 g/mol. The summed E-state index contributed by atoms with van der Waals surface area (Å²) in [6.07, 6.45) is 13.4. The van der Waals surface area contributed by atoms with Crippen LogP contribution in [0.25, 0.3) is 0 Å². The van der Waals surface area contributed by atoms with E-state index >= 15 is 0 Å². The summed E-state index contributed by atoms with van der Waals surface area (Å²) in [6.45, 7) is 30.4. The maximum atomic E-state index is 13.3. The first-order chi connectivity index (χ1) is 69.5. The molecule has 143 heavy (non-hydrogen) atoms. The fourth-order valence-corrected chi connectivity index (χ4v) is 22.3. The molecule has 0 saturated carbocycles. The predicted octanol–water partition coefficient (Wildman–Crippen LogP) is 13.0. The fourth-order valence-electron chi connectivity index (χ4n) is 22.0. The highest BCUT2D eigenvalue weighted by Gasteiger charge is 2.48. The number of carbonyl (C=O) groups is 10. The van der Waals surface area contributed by atoms with Gasteiger partial charge in [-0.25, -0.2) is 0 Å². The Morgan fingerprint density at radius 2 is 0.706 bits per heavy atom. The number of fused-ring (bicyclic) bond motifs is 10. The molecule has 11 saturated heterocycles. The van der Waals surface area contributed by atoms with Crippen molar-refractivity contribution in [1.29, 1.82) is 0 Å². The van der Waals surface area contributed by atoms with Gasteiger partial charge in [0.15, 0.2) is 0 Å². The molecule has 0 radical (unpaired) electrons. The molecule has 32 heteroatoms. The molecule has 15 heterocycles. The van der Waals surface area contributed by atoms with Crippen LogP contribution in [0, 0.1) is 0 Å². The van der Waals surface area contributed by atoms with Crippen LogP contribution < -0.4 is 40.2 Å². The van der Waals surface area contributed by atoms with E-state index in [2.05, 4.69) is 152 Å². The molecule has 6 bridgehead atoms. The quantitative estimate of drug-likeness (QED) is 0.0277. The van der Waals surface area contributed by atoms with Gasteiger partial charge in [0.2, 0.25) is 23.6 Å². The number of piperidine rings is 4. The maximum Gasteiger partial charge on any atom is 0.290 e. The molecule has 23 rings (SSSR count). The van der Waals surface area contributed by atoms with Crippen molar-refractivity contribution in [3.63, 3.8) is 0 Å². The van der Waals surface area contributed by atoms with Crippen LogP contribution in [-0.4, -0.2) is 230 Å². The number of imide groups is 1. The Balaban J connectivity index is 0.000000120. The van der Waals surface area contributed by atoms with Crippen LogP contribution in [0.2, 0.25) is 5.02 Å². The van der Waals surface area contributed by atoms with Crippen molar-refractivity contribution in [3.8, 4) is 23.0 Å². The second kappa shape index (κ2) is 44.3. The van der Waals surface area contributed by atoms with Crippen LogP contribution in [0.5, 0.6) is 23.0 Å². The molecule has 10 atom stereocenters. The number of hydrogen-bond acceptors (Lipinski definition) is 22. The van der Waals surface area contributed by atoms with Gasteiger partial charge in [-0.1, -0.05) is 153 Å². The summed E-state index contributed by atoms with van der Waals surface area (Å²) in [4.78, 5) is 140. The summed E-state index contributed by atoms with van der Waals surface area (Å²) in [5.74, 6) is 0.0212. The lowest BCUT2D eigenvalue weighted by Gasteiger charge is -2.34. The van der Waals surface area contributed by atoms with Crippen molar-refractivity contribution in [3.05, 3.63) is 307 Å². The zero-order valence-electron chi connectivity index (χ0n) is 80.3. The summed E-state index contributed by atoms with van der Waals surface area (Å²) < 4.78 is 47.5. The van der Waals surface area contributed by atoms with E-state index in [1.807, 2.05) is 48.5 Å². The van der Waals surface area contributed by atoms with Gasteiger partial charge in [0.25, 0.3) is 36.0 Å². The zero-order chi connectivity index (χ0) is 99.1. The van der Waals surface area contributed by atoms with Gasteiger partial charge in [-0.2, -0.15) is 0 Å². The number of nitrogens with zero attached hydrogens (tertiary/aromatic N) is 8. The molecule has 31 nitrogen and oxygen atoms in total. The normalized spacial score (nSPS) is 24.3. The van der Waals surface area contributed by atoms with Gasteiger partial charge < -0.3 is 79.0 Å². The number of rotatable bonds is 24. The van der Waals surface area contributed by atoms with E-state index < -0.39 is 36.0 Å². The Kier molecular flexibility index (Phi) is 30.6. The highest BCUT2D eigenvalue weighted by atomic mass is 35.5. The molecule has 746 valence electrons. The number of benzene rings is 8. The minimum atomic E-state index is -0.843. The van der Waals surface area contributed by atoms with Crippen molar-refractivity contribution in [2.45, 2.75) is 223 Å². The van der Waals surface area contributed by atoms with E-state index in [9.17, 15) is 43.2 Å². The summed E-state index contributed by atoms with van der Waals surface area (Å²) in [5, 5.41) is 18.3. The van der Waals surface area contributed by atoms with E-state index in [0.29, 0.717) is 195 Å². The summed E-state index contributed by atoms with van der Waals surface area (Å²) in [5.41, 5.74) is 16.7. The Labute approximate surface area is 836 Å². The number of hydrogen-bond donors (Lipinski definition) is 5. The van der Waals surface area contributed by atoms with Gasteiger partial charge >= 0.3 is 0 Å². The second-order valence-corrected chi connectivity index (χ2v) is 39.7. The molecule has 0 aromatic heterocycles. The Morgan fingerprint density at radius 3 is 1.11 bits per heavy atom. The lowest BCUT2D eigenvalue weighted by atomic mass is 10.0. The topological polar surface area (TPSA) is 339 Å².